The number of carbonyl (C=O) groups excluding carboxylic acids is 1. The van der Waals surface area contributed by atoms with Gasteiger partial charge in [0.1, 0.15) is 0 Å². The third-order valence-electron chi connectivity index (χ3n) is 1.88. The van der Waals surface area contributed by atoms with Crippen LogP contribution in [-0.4, -0.2) is 18.0 Å². The first-order valence-corrected chi connectivity index (χ1v) is 5.76. The second-order valence-corrected chi connectivity index (χ2v) is 4.26. The summed E-state index contributed by atoms with van der Waals surface area (Å²) in [5.74, 6) is 0.421. The SMILES string of the molecule is COc1c(F)cccc1C=CCSC(C)=O. The topological polar surface area (TPSA) is 26.3 Å². The van der Waals surface area contributed by atoms with Crippen molar-refractivity contribution in [3.05, 3.63) is 35.7 Å². The van der Waals surface area contributed by atoms with Gasteiger partial charge in [-0.1, -0.05) is 36.0 Å². The minimum Gasteiger partial charge on any atom is -0.493 e. The quantitative estimate of drug-likeness (QED) is 0.808. The summed E-state index contributed by atoms with van der Waals surface area (Å²) in [5.41, 5.74) is 0.673. The van der Waals surface area contributed by atoms with Gasteiger partial charge in [-0.15, -0.1) is 0 Å². The minimum absolute atomic E-state index is 0.0656. The first-order chi connectivity index (χ1) is 7.65. The van der Waals surface area contributed by atoms with Crippen LogP contribution in [0.1, 0.15) is 12.5 Å². The van der Waals surface area contributed by atoms with Crippen molar-refractivity contribution >= 4 is 23.0 Å². The Morgan fingerprint density at radius 3 is 2.94 bits per heavy atom. The van der Waals surface area contributed by atoms with E-state index in [-0.39, 0.29) is 16.7 Å². The molecule has 0 spiro atoms. The highest BCUT2D eigenvalue weighted by molar-refractivity contribution is 8.13. The predicted octanol–water partition coefficient (Wildman–Crippen LogP) is 3.13. The zero-order chi connectivity index (χ0) is 12.0. The van der Waals surface area contributed by atoms with Crippen molar-refractivity contribution in [1.82, 2.24) is 0 Å². The first-order valence-electron chi connectivity index (χ1n) is 4.77. The van der Waals surface area contributed by atoms with Gasteiger partial charge in [-0.2, -0.15) is 0 Å². The Morgan fingerprint density at radius 1 is 1.56 bits per heavy atom. The zero-order valence-electron chi connectivity index (χ0n) is 9.20. The summed E-state index contributed by atoms with van der Waals surface area (Å²) in [5, 5.41) is 0.0656. The molecule has 0 aliphatic rings. The highest BCUT2D eigenvalue weighted by atomic mass is 32.2. The number of rotatable bonds is 4. The normalized spacial score (nSPS) is 10.7. The van der Waals surface area contributed by atoms with Gasteiger partial charge in [0, 0.05) is 18.2 Å². The van der Waals surface area contributed by atoms with E-state index >= 15 is 0 Å². The van der Waals surface area contributed by atoms with Crippen LogP contribution in [0.4, 0.5) is 4.39 Å². The Hall–Kier alpha value is -1.29. The Kier molecular flexibility index (Phi) is 5.05. The number of para-hydroxylation sites is 1. The van der Waals surface area contributed by atoms with E-state index in [0.717, 1.165) is 0 Å². The molecule has 0 aromatic heterocycles. The van der Waals surface area contributed by atoms with Crippen LogP contribution in [0, 0.1) is 5.82 Å². The Morgan fingerprint density at radius 2 is 2.31 bits per heavy atom. The second kappa shape index (κ2) is 6.33. The molecule has 0 fully saturated rings. The Balaban J connectivity index is 2.73. The molecular weight excluding hydrogens is 227 g/mol. The average Bonchev–Trinajstić information content (AvgIpc) is 2.24. The molecule has 16 heavy (non-hydrogen) atoms. The van der Waals surface area contributed by atoms with Gasteiger partial charge in [0.2, 0.25) is 0 Å². The molecule has 1 aromatic carbocycles. The van der Waals surface area contributed by atoms with E-state index in [4.69, 9.17) is 4.74 Å². The first kappa shape index (κ1) is 12.8. The van der Waals surface area contributed by atoms with Gasteiger partial charge in [-0.25, -0.2) is 4.39 Å². The summed E-state index contributed by atoms with van der Waals surface area (Å²) in [6, 6.07) is 4.73. The molecule has 1 aromatic rings. The van der Waals surface area contributed by atoms with Crippen molar-refractivity contribution < 1.29 is 13.9 Å². The number of ether oxygens (including phenoxy) is 1. The summed E-state index contributed by atoms with van der Waals surface area (Å²) >= 11 is 1.21. The predicted molar refractivity (Wildman–Crippen MR) is 65.1 cm³/mol. The second-order valence-electron chi connectivity index (χ2n) is 3.07. The lowest BCUT2D eigenvalue weighted by molar-refractivity contribution is -0.109. The van der Waals surface area contributed by atoms with Crippen molar-refractivity contribution in [2.45, 2.75) is 6.92 Å². The monoisotopic (exact) mass is 240 g/mol. The average molecular weight is 240 g/mol. The molecular formula is C12H13FO2S. The number of benzene rings is 1. The van der Waals surface area contributed by atoms with E-state index in [2.05, 4.69) is 0 Å². The maximum atomic E-state index is 13.3. The third-order valence-corrected chi connectivity index (χ3v) is 2.65. The fourth-order valence-corrected chi connectivity index (χ4v) is 1.64. The van der Waals surface area contributed by atoms with E-state index in [1.165, 1.54) is 31.9 Å². The standard InChI is InChI=1S/C12H13FO2S/c1-9(14)16-8-4-6-10-5-3-7-11(13)12(10)15-2/h3-7H,8H2,1-2H3. The van der Waals surface area contributed by atoms with Crippen LogP contribution >= 0.6 is 11.8 Å². The molecule has 0 amide bonds. The molecule has 0 atom stereocenters. The molecule has 0 radical (unpaired) electrons. The van der Waals surface area contributed by atoms with E-state index in [1.54, 1.807) is 18.2 Å². The molecule has 0 N–H and O–H groups in total. The van der Waals surface area contributed by atoms with Gasteiger partial charge in [0.25, 0.3) is 0 Å². The molecule has 0 saturated carbocycles. The molecule has 86 valence electrons. The van der Waals surface area contributed by atoms with Crippen LogP contribution < -0.4 is 4.74 Å². The van der Waals surface area contributed by atoms with E-state index in [1.807, 2.05) is 6.08 Å². The highest BCUT2D eigenvalue weighted by Gasteiger charge is 2.05. The lowest BCUT2D eigenvalue weighted by Gasteiger charge is -2.04. The van der Waals surface area contributed by atoms with Crippen LogP contribution in [0.5, 0.6) is 5.75 Å². The summed E-state index contributed by atoms with van der Waals surface area (Å²) in [6.07, 6.45) is 3.56. The van der Waals surface area contributed by atoms with Gasteiger partial charge >= 0.3 is 0 Å². The lowest BCUT2D eigenvalue weighted by Crippen LogP contribution is -1.91. The Labute approximate surface area is 98.5 Å². The molecule has 4 heteroatoms. The van der Waals surface area contributed by atoms with Crippen molar-refractivity contribution in [3.63, 3.8) is 0 Å². The lowest BCUT2D eigenvalue weighted by atomic mass is 10.2. The summed E-state index contributed by atoms with van der Waals surface area (Å²) < 4.78 is 18.2. The Bertz CT molecular complexity index is 402. The molecule has 0 heterocycles. The molecule has 0 unspecified atom stereocenters. The van der Waals surface area contributed by atoms with Crippen LogP contribution in [0.3, 0.4) is 0 Å². The van der Waals surface area contributed by atoms with Gasteiger partial charge in [-0.3, -0.25) is 4.79 Å². The summed E-state index contributed by atoms with van der Waals surface area (Å²) in [7, 11) is 1.43. The number of carbonyl (C=O) groups is 1. The molecule has 0 aliphatic carbocycles. The van der Waals surface area contributed by atoms with Crippen LogP contribution in [0.25, 0.3) is 6.08 Å². The highest BCUT2D eigenvalue weighted by Crippen LogP contribution is 2.23. The van der Waals surface area contributed by atoms with Crippen LogP contribution in [-0.2, 0) is 4.79 Å². The van der Waals surface area contributed by atoms with Crippen molar-refractivity contribution in [2.75, 3.05) is 12.9 Å². The molecule has 1 rings (SSSR count). The van der Waals surface area contributed by atoms with E-state index in [9.17, 15) is 9.18 Å². The van der Waals surface area contributed by atoms with Crippen LogP contribution in [0.15, 0.2) is 24.3 Å². The minimum atomic E-state index is -0.385. The van der Waals surface area contributed by atoms with E-state index in [0.29, 0.717) is 11.3 Å². The third kappa shape index (κ3) is 3.70. The number of methoxy groups -OCH3 is 1. The van der Waals surface area contributed by atoms with Gasteiger partial charge in [-0.05, 0) is 6.07 Å². The largest absolute Gasteiger partial charge is 0.493 e. The van der Waals surface area contributed by atoms with Gasteiger partial charge < -0.3 is 4.74 Å². The molecule has 0 bridgehead atoms. The smallest absolute Gasteiger partial charge is 0.186 e. The fraction of sp³-hybridized carbons (Fsp3) is 0.250. The van der Waals surface area contributed by atoms with Crippen molar-refractivity contribution in [2.24, 2.45) is 0 Å². The van der Waals surface area contributed by atoms with Crippen LogP contribution in [0.2, 0.25) is 0 Å². The van der Waals surface area contributed by atoms with E-state index < -0.39 is 0 Å². The zero-order valence-corrected chi connectivity index (χ0v) is 10.0. The molecule has 2 nitrogen and oxygen atoms in total. The summed E-state index contributed by atoms with van der Waals surface area (Å²) in [6.45, 7) is 1.52. The number of thioether (sulfide) groups is 1. The maximum Gasteiger partial charge on any atom is 0.186 e. The molecule has 0 saturated heterocycles. The van der Waals surface area contributed by atoms with Gasteiger partial charge in [0.15, 0.2) is 16.7 Å². The number of hydrogen-bond acceptors (Lipinski definition) is 3. The number of hydrogen-bond donors (Lipinski definition) is 0. The fourth-order valence-electron chi connectivity index (χ4n) is 1.21. The van der Waals surface area contributed by atoms with Crippen molar-refractivity contribution in [3.8, 4) is 5.75 Å². The molecule has 0 aliphatic heterocycles. The van der Waals surface area contributed by atoms with Crippen molar-refractivity contribution in [1.29, 1.82) is 0 Å². The number of halogens is 1. The maximum absolute atomic E-state index is 13.3. The van der Waals surface area contributed by atoms with Gasteiger partial charge in [0.05, 0.1) is 7.11 Å². The summed E-state index contributed by atoms with van der Waals surface area (Å²) in [4.78, 5) is 10.7.